The minimum absolute atomic E-state index is 0.201. The Hall–Kier alpha value is -2.01. The van der Waals surface area contributed by atoms with Crippen molar-refractivity contribution >= 4 is 84.7 Å². The van der Waals surface area contributed by atoms with Crippen molar-refractivity contribution in [2.45, 2.75) is 13.5 Å². The Morgan fingerprint density at radius 2 is 1.97 bits per heavy atom. The highest BCUT2D eigenvalue weighted by Crippen LogP contribution is 2.37. The van der Waals surface area contributed by atoms with Crippen molar-refractivity contribution in [1.29, 1.82) is 0 Å². The van der Waals surface area contributed by atoms with Gasteiger partial charge < -0.3 is 14.8 Å². The molecule has 1 heterocycles. The third-order valence-corrected chi connectivity index (χ3v) is 7.61. The van der Waals surface area contributed by atoms with E-state index in [1.165, 1.54) is 11.8 Å². The molecule has 1 aliphatic rings. The van der Waals surface area contributed by atoms with E-state index < -0.39 is 0 Å². The second kappa shape index (κ2) is 11.2. The molecule has 0 radical (unpaired) electrons. The quantitative estimate of drug-likeness (QED) is 0.218. The number of hydrogen-bond acceptors (Lipinski definition) is 5. The number of halogens is 3. The van der Waals surface area contributed by atoms with E-state index in [-0.39, 0.29) is 5.91 Å². The lowest BCUT2D eigenvalue weighted by atomic mass is 10.2. The minimum Gasteiger partial charge on any atom is -0.493 e. The topological polar surface area (TPSA) is 59.9 Å². The van der Waals surface area contributed by atoms with Gasteiger partial charge in [-0.2, -0.15) is 0 Å². The average molecular weight is 670 g/mol. The predicted molar refractivity (Wildman–Crippen MR) is 151 cm³/mol. The van der Waals surface area contributed by atoms with Crippen LogP contribution in [0.25, 0.3) is 6.08 Å². The summed E-state index contributed by atoms with van der Waals surface area (Å²) in [5.74, 6) is 1.06. The Morgan fingerprint density at radius 1 is 1.21 bits per heavy atom. The molecule has 174 valence electrons. The van der Waals surface area contributed by atoms with Crippen molar-refractivity contribution in [3.8, 4) is 11.5 Å². The first-order valence-corrected chi connectivity index (χ1v) is 13.2. The highest BCUT2D eigenvalue weighted by molar-refractivity contribution is 14.1. The van der Waals surface area contributed by atoms with Crippen molar-refractivity contribution in [3.63, 3.8) is 0 Å². The van der Waals surface area contributed by atoms with Crippen LogP contribution in [0.2, 0.25) is 5.02 Å². The van der Waals surface area contributed by atoms with E-state index >= 15 is 0 Å². The normalized spacial score (nSPS) is 15.6. The molecule has 0 saturated carbocycles. The lowest BCUT2D eigenvalue weighted by Gasteiger charge is -2.14. The van der Waals surface area contributed by atoms with Gasteiger partial charge in [-0.1, -0.05) is 45.7 Å². The number of nitrogens with zero attached hydrogens (tertiary/aromatic N) is 1. The predicted octanol–water partition coefficient (Wildman–Crippen LogP) is 7.49. The summed E-state index contributed by atoms with van der Waals surface area (Å²) in [7, 11) is 1.60. The maximum absolute atomic E-state index is 12.6. The summed E-state index contributed by atoms with van der Waals surface area (Å²) in [4.78, 5) is 17.7. The zero-order valence-corrected chi connectivity index (χ0v) is 23.5. The maximum atomic E-state index is 12.6. The molecule has 5 nitrogen and oxygen atoms in total. The van der Waals surface area contributed by atoms with Gasteiger partial charge in [-0.25, -0.2) is 4.99 Å². The number of ether oxygens (including phenoxy) is 2. The molecule has 1 aliphatic heterocycles. The molecular formula is C25H19BrClIN2O3S. The van der Waals surface area contributed by atoms with Crippen LogP contribution in [0, 0.1) is 10.5 Å². The fraction of sp³-hybridized carbons (Fsp3) is 0.120. The molecule has 9 heteroatoms. The van der Waals surface area contributed by atoms with Gasteiger partial charge in [-0.05, 0) is 100 Å². The molecule has 0 aromatic heterocycles. The number of carbonyl (C=O) groups excluding carboxylic acids is 1. The van der Waals surface area contributed by atoms with E-state index in [4.69, 9.17) is 21.1 Å². The lowest BCUT2D eigenvalue weighted by Crippen LogP contribution is -2.19. The number of thioether (sulfide) groups is 1. The fourth-order valence-electron chi connectivity index (χ4n) is 3.16. The van der Waals surface area contributed by atoms with E-state index in [1.807, 2.05) is 67.6 Å². The first kappa shape index (κ1) is 25.1. The van der Waals surface area contributed by atoms with Gasteiger partial charge in [0.15, 0.2) is 16.7 Å². The standard InChI is InChI=1S/C25H19BrClIN2O3S/c1-14-18(27)4-3-5-20(14)29-25-30-24(31)22(34-25)12-16-10-19(28)23(21(11-16)32-2)33-13-15-6-8-17(26)9-7-15/h3-12H,13H2,1-2H3,(H,29,30,31)/b22-12+. The van der Waals surface area contributed by atoms with Crippen molar-refractivity contribution in [2.75, 3.05) is 7.11 Å². The Kier molecular flexibility index (Phi) is 8.23. The van der Waals surface area contributed by atoms with E-state index in [1.54, 1.807) is 7.11 Å². The van der Waals surface area contributed by atoms with Gasteiger partial charge in [0, 0.05) is 9.50 Å². The zero-order chi connectivity index (χ0) is 24.2. The van der Waals surface area contributed by atoms with Crippen molar-refractivity contribution in [1.82, 2.24) is 5.32 Å². The summed E-state index contributed by atoms with van der Waals surface area (Å²) < 4.78 is 13.5. The van der Waals surface area contributed by atoms with Gasteiger partial charge in [0.05, 0.1) is 21.3 Å². The van der Waals surface area contributed by atoms with E-state index in [9.17, 15) is 4.79 Å². The SMILES string of the molecule is COc1cc(/C=C2/SC(=Nc3cccc(Cl)c3C)NC2=O)cc(I)c1OCc1ccc(Br)cc1. The Balaban J connectivity index is 1.54. The highest BCUT2D eigenvalue weighted by Gasteiger charge is 2.24. The van der Waals surface area contributed by atoms with Crippen LogP contribution in [0.4, 0.5) is 5.69 Å². The monoisotopic (exact) mass is 668 g/mol. The molecule has 1 N–H and O–H groups in total. The van der Waals surface area contributed by atoms with E-state index in [0.29, 0.717) is 33.2 Å². The minimum atomic E-state index is -0.201. The molecule has 3 aromatic carbocycles. The van der Waals surface area contributed by atoms with Gasteiger partial charge in [-0.15, -0.1) is 0 Å². The lowest BCUT2D eigenvalue weighted by molar-refractivity contribution is -0.115. The Labute approximate surface area is 229 Å². The smallest absolute Gasteiger partial charge is 0.264 e. The van der Waals surface area contributed by atoms with Gasteiger partial charge in [0.2, 0.25) is 0 Å². The van der Waals surface area contributed by atoms with Crippen LogP contribution in [-0.4, -0.2) is 18.2 Å². The molecule has 0 aliphatic carbocycles. The summed E-state index contributed by atoms with van der Waals surface area (Å²) in [6.45, 7) is 2.32. The number of methoxy groups -OCH3 is 1. The molecule has 1 saturated heterocycles. The van der Waals surface area contributed by atoms with Gasteiger partial charge in [-0.3, -0.25) is 4.79 Å². The first-order chi connectivity index (χ1) is 16.3. The molecule has 1 amide bonds. The largest absolute Gasteiger partial charge is 0.493 e. The number of benzene rings is 3. The maximum Gasteiger partial charge on any atom is 0.264 e. The third kappa shape index (κ3) is 5.97. The molecular weight excluding hydrogens is 651 g/mol. The molecule has 3 aromatic rings. The fourth-order valence-corrected chi connectivity index (χ4v) is 5.21. The summed E-state index contributed by atoms with van der Waals surface area (Å²) in [5.41, 5.74) is 3.46. The summed E-state index contributed by atoms with van der Waals surface area (Å²) >= 11 is 13.1. The van der Waals surface area contributed by atoms with Crippen LogP contribution in [-0.2, 0) is 11.4 Å². The number of amides is 1. The Morgan fingerprint density at radius 3 is 2.71 bits per heavy atom. The second-order valence-electron chi connectivity index (χ2n) is 7.31. The molecule has 0 atom stereocenters. The highest BCUT2D eigenvalue weighted by atomic mass is 127. The second-order valence-corrected chi connectivity index (χ2v) is 10.8. The van der Waals surface area contributed by atoms with Gasteiger partial charge in [0.1, 0.15) is 6.61 Å². The van der Waals surface area contributed by atoms with Crippen LogP contribution < -0.4 is 14.8 Å². The van der Waals surface area contributed by atoms with Crippen LogP contribution in [0.3, 0.4) is 0 Å². The van der Waals surface area contributed by atoms with Crippen molar-refractivity contribution in [3.05, 3.63) is 89.3 Å². The average Bonchev–Trinajstić information content (AvgIpc) is 3.15. The number of carbonyl (C=O) groups is 1. The molecule has 0 bridgehead atoms. The van der Waals surface area contributed by atoms with Crippen LogP contribution in [0.15, 0.2) is 69.0 Å². The molecule has 0 unspecified atom stereocenters. The van der Waals surface area contributed by atoms with E-state index in [0.717, 1.165) is 30.4 Å². The van der Waals surface area contributed by atoms with Crippen LogP contribution >= 0.6 is 61.9 Å². The molecule has 34 heavy (non-hydrogen) atoms. The number of hydrogen-bond donors (Lipinski definition) is 1. The van der Waals surface area contributed by atoms with Gasteiger partial charge in [0.25, 0.3) is 5.91 Å². The molecule has 4 rings (SSSR count). The number of amidine groups is 1. The third-order valence-electron chi connectivity index (χ3n) is 4.96. The summed E-state index contributed by atoms with van der Waals surface area (Å²) in [5, 5.41) is 3.96. The van der Waals surface area contributed by atoms with Crippen LogP contribution in [0.1, 0.15) is 16.7 Å². The summed E-state index contributed by atoms with van der Waals surface area (Å²) in [6, 6.07) is 17.3. The van der Waals surface area contributed by atoms with Crippen LogP contribution in [0.5, 0.6) is 11.5 Å². The first-order valence-electron chi connectivity index (χ1n) is 10.1. The van der Waals surface area contributed by atoms with E-state index in [2.05, 4.69) is 48.8 Å². The van der Waals surface area contributed by atoms with Crippen molar-refractivity contribution < 1.29 is 14.3 Å². The number of rotatable bonds is 6. The molecule has 1 fully saturated rings. The number of aliphatic imine (C=N–C) groups is 1. The summed E-state index contributed by atoms with van der Waals surface area (Å²) in [6.07, 6.45) is 1.82. The number of nitrogens with one attached hydrogen (secondary N) is 1. The Bertz CT molecular complexity index is 1310. The zero-order valence-electron chi connectivity index (χ0n) is 18.2. The molecule has 0 spiro atoms. The van der Waals surface area contributed by atoms with Gasteiger partial charge >= 0.3 is 0 Å². The van der Waals surface area contributed by atoms with Crippen molar-refractivity contribution in [2.24, 2.45) is 4.99 Å².